The SMILES string of the molecule is COC(=O)c1cc(B2OC(C)(C)C(C)(C)O2)[nH]n1. The molecule has 18 heavy (non-hydrogen) atoms. The number of hydrogen-bond acceptors (Lipinski definition) is 5. The van der Waals surface area contributed by atoms with Crippen molar-refractivity contribution in [2.45, 2.75) is 38.9 Å². The van der Waals surface area contributed by atoms with E-state index in [1.807, 2.05) is 27.7 Å². The van der Waals surface area contributed by atoms with Crippen LogP contribution in [0.25, 0.3) is 0 Å². The second-order valence-corrected chi connectivity index (χ2v) is 5.29. The Morgan fingerprint density at radius 3 is 2.39 bits per heavy atom. The van der Waals surface area contributed by atoms with Gasteiger partial charge in [0.15, 0.2) is 5.69 Å². The first-order valence-electron chi connectivity index (χ1n) is 5.76. The minimum Gasteiger partial charge on any atom is -0.464 e. The van der Waals surface area contributed by atoms with Crippen molar-refractivity contribution in [3.8, 4) is 0 Å². The van der Waals surface area contributed by atoms with E-state index in [0.717, 1.165) is 0 Å². The first kappa shape index (κ1) is 13.1. The second-order valence-electron chi connectivity index (χ2n) is 5.29. The van der Waals surface area contributed by atoms with Crippen LogP contribution in [0.2, 0.25) is 0 Å². The van der Waals surface area contributed by atoms with E-state index in [0.29, 0.717) is 5.59 Å². The van der Waals surface area contributed by atoms with Gasteiger partial charge >= 0.3 is 13.1 Å². The van der Waals surface area contributed by atoms with Crippen LogP contribution < -0.4 is 5.59 Å². The Morgan fingerprint density at radius 2 is 1.89 bits per heavy atom. The minimum atomic E-state index is -0.555. The molecule has 1 saturated heterocycles. The molecular weight excluding hydrogens is 235 g/mol. The normalized spacial score (nSPS) is 21.1. The van der Waals surface area contributed by atoms with Gasteiger partial charge in [-0.1, -0.05) is 0 Å². The van der Waals surface area contributed by atoms with Crippen molar-refractivity contribution in [2.24, 2.45) is 0 Å². The van der Waals surface area contributed by atoms with Crippen LogP contribution in [0.3, 0.4) is 0 Å². The number of nitrogens with zero attached hydrogens (tertiary/aromatic N) is 1. The molecule has 2 rings (SSSR count). The zero-order valence-electron chi connectivity index (χ0n) is 11.2. The molecule has 0 saturated carbocycles. The Morgan fingerprint density at radius 1 is 1.33 bits per heavy atom. The minimum absolute atomic E-state index is 0.210. The predicted octanol–water partition coefficient (Wildman–Crippen LogP) is 0.495. The molecule has 1 fully saturated rings. The van der Waals surface area contributed by atoms with Crippen molar-refractivity contribution in [2.75, 3.05) is 7.11 Å². The van der Waals surface area contributed by atoms with Crippen LogP contribution in [-0.2, 0) is 14.0 Å². The summed E-state index contributed by atoms with van der Waals surface area (Å²) in [5, 5.41) is 6.61. The van der Waals surface area contributed by atoms with Crippen molar-refractivity contribution in [1.82, 2.24) is 10.2 Å². The van der Waals surface area contributed by atoms with Crippen LogP contribution in [0.4, 0.5) is 0 Å². The number of aromatic amines is 1. The molecule has 6 nitrogen and oxygen atoms in total. The lowest BCUT2D eigenvalue weighted by molar-refractivity contribution is 0.00578. The van der Waals surface area contributed by atoms with Crippen molar-refractivity contribution in [3.05, 3.63) is 11.8 Å². The summed E-state index contributed by atoms with van der Waals surface area (Å²) in [4.78, 5) is 11.3. The lowest BCUT2D eigenvalue weighted by Gasteiger charge is -2.32. The maximum Gasteiger partial charge on any atom is 0.513 e. The zero-order chi connectivity index (χ0) is 13.6. The van der Waals surface area contributed by atoms with E-state index in [1.54, 1.807) is 6.07 Å². The number of carbonyl (C=O) groups excluding carboxylic acids is 1. The number of nitrogens with one attached hydrogen (secondary N) is 1. The number of esters is 1. The average molecular weight is 252 g/mol. The summed E-state index contributed by atoms with van der Waals surface area (Å²) in [7, 11) is 0.756. The molecule has 1 aromatic rings. The molecule has 0 bridgehead atoms. The summed E-state index contributed by atoms with van der Waals surface area (Å²) in [6, 6.07) is 1.58. The summed E-state index contributed by atoms with van der Waals surface area (Å²) in [6.07, 6.45) is 0. The standard InChI is InChI=1S/C11H17BN2O4/c1-10(2)11(3,4)18-12(17-10)8-6-7(13-14-8)9(15)16-5/h6H,1-5H3,(H,13,14). The maximum absolute atomic E-state index is 11.3. The molecule has 0 amide bonds. The van der Waals surface area contributed by atoms with Crippen LogP contribution >= 0.6 is 0 Å². The Labute approximate surface area is 106 Å². The van der Waals surface area contributed by atoms with E-state index in [-0.39, 0.29) is 5.69 Å². The van der Waals surface area contributed by atoms with Gasteiger partial charge in [0.2, 0.25) is 0 Å². The number of ether oxygens (including phenoxy) is 1. The summed E-state index contributed by atoms with van der Waals surface area (Å²) in [6.45, 7) is 7.85. The van der Waals surface area contributed by atoms with Crippen molar-refractivity contribution < 1.29 is 18.8 Å². The molecule has 7 heteroatoms. The zero-order valence-corrected chi connectivity index (χ0v) is 11.2. The van der Waals surface area contributed by atoms with Crippen molar-refractivity contribution >= 4 is 18.7 Å². The maximum atomic E-state index is 11.3. The van der Waals surface area contributed by atoms with Gasteiger partial charge in [-0.15, -0.1) is 0 Å². The van der Waals surface area contributed by atoms with E-state index in [4.69, 9.17) is 9.31 Å². The van der Waals surface area contributed by atoms with Crippen LogP contribution in [0.15, 0.2) is 6.07 Å². The second kappa shape index (κ2) is 4.10. The van der Waals surface area contributed by atoms with E-state index < -0.39 is 24.3 Å². The Bertz CT molecular complexity index is 453. The Kier molecular flexibility index (Phi) is 2.99. The van der Waals surface area contributed by atoms with Gasteiger partial charge in [0, 0.05) is 0 Å². The molecule has 1 aliphatic rings. The van der Waals surface area contributed by atoms with Gasteiger partial charge in [-0.3, -0.25) is 5.10 Å². The molecule has 0 aromatic carbocycles. The molecule has 0 atom stereocenters. The lowest BCUT2D eigenvalue weighted by atomic mass is 9.85. The van der Waals surface area contributed by atoms with E-state index in [1.165, 1.54) is 7.11 Å². The third-order valence-corrected chi connectivity index (χ3v) is 3.50. The van der Waals surface area contributed by atoms with E-state index in [9.17, 15) is 4.79 Å². The first-order chi connectivity index (χ1) is 8.27. The number of carbonyl (C=O) groups is 1. The highest BCUT2D eigenvalue weighted by atomic mass is 16.7. The van der Waals surface area contributed by atoms with Gasteiger partial charge in [0.25, 0.3) is 0 Å². The summed E-state index contributed by atoms with van der Waals surface area (Å²) < 4.78 is 16.3. The molecule has 0 aliphatic carbocycles. The quantitative estimate of drug-likeness (QED) is 0.612. The smallest absolute Gasteiger partial charge is 0.464 e. The van der Waals surface area contributed by atoms with Crippen molar-refractivity contribution in [1.29, 1.82) is 0 Å². The fraction of sp³-hybridized carbons (Fsp3) is 0.636. The number of methoxy groups -OCH3 is 1. The molecule has 0 unspecified atom stereocenters. The highest BCUT2D eigenvalue weighted by Gasteiger charge is 2.52. The highest BCUT2D eigenvalue weighted by Crippen LogP contribution is 2.36. The van der Waals surface area contributed by atoms with Crippen LogP contribution in [-0.4, -0.2) is 41.6 Å². The number of H-pyrrole nitrogens is 1. The van der Waals surface area contributed by atoms with E-state index in [2.05, 4.69) is 14.9 Å². The predicted molar refractivity (Wildman–Crippen MR) is 65.6 cm³/mol. The van der Waals surface area contributed by atoms with Crippen LogP contribution in [0, 0.1) is 0 Å². The molecule has 2 heterocycles. The van der Waals surface area contributed by atoms with Crippen LogP contribution in [0.5, 0.6) is 0 Å². The number of hydrogen-bond donors (Lipinski definition) is 1. The largest absolute Gasteiger partial charge is 0.513 e. The molecule has 0 radical (unpaired) electrons. The monoisotopic (exact) mass is 252 g/mol. The fourth-order valence-corrected chi connectivity index (χ4v) is 1.64. The lowest BCUT2D eigenvalue weighted by Crippen LogP contribution is -2.41. The molecule has 0 spiro atoms. The van der Waals surface area contributed by atoms with Gasteiger partial charge in [-0.05, 0) is 33.8 Å². The third kappa shape index (κ3) is 2.04. The summed E-state index contributed by atoms with van der Waals surface area (Å²) >= 11 is 0. The summed E-state index contributed by atoms with van der Waals surface area (Å²) in [5.41, 5.74) is -0.0288. The van der Waals surface area contributed by atoms with Crippen LogP contribution in [0.1, 0.15) is 38.2 Å². The fourth-order valence-electron chi connectivity index (χ4n) is 1.64. The topological polar surface area (TPSA) is 73.4 Å². The Balaban J connectivity index is 2.20. The first-order valence-corrected chi connectivity index (χ1v) is 5.76. The molecule has 98 valence electrons. The molecule has 1 aromatic heterocycles. The third-order valence-electron chi connectivity index (χ3n) is 3.50. The number of rotatable bonds is 2. The van der Waals surface area contributed by atoms with Gasteiger partial charge in [-0.2, -0.15) is 5.10 Å². The number of aromatic nitrogens is 2. The van der Waals surface area contributed by atoms with Gasteiger partial charge in [0.05, 0.1) is 23.9 Å². The molecule has 1 N–H and O–H groups in total. The van der Waals surface area contributed by atoms with E-state index >= 15 is 0 Å². The van der Waals surface area contributed by atoms with Gasteiger partial charge in [0.1, 0.15) is 0 Å². The van der Waals surface area contributed by atoms with Gasteiger partial charge < -0.3 is 14.0 Å². The average Bonchev–Trinajstić information content (AvgIpc) is 2.82. The van der Waals surface area contributed by atoms with Gasteiger partial charge in [-0.25, -0.2) is 4.79 Å². The van der Waals surface area contributed by atoms with Crippen molar-refractivity contribution in [3.63, 3.8) is 0 Å². The summed E-state index contributed by atoms with van der Waals surface area (Å²) in [5.74, 6) is -0.492. The highest BCUT2D eigenvalue weighted by molar-refractivity contribution is 6.61. The molecular formula is C11H17BN2O4. The molecule has 1 aliphatic heterocycles. The Hall–Kier alpha value is -1.34.